The van der Waals surface area contributed by atoms with E-state index in [0.29, 0.717) is 71.6 Å². The molecule has 190 valence electrons. The minimum Gasteiger partial charge on any atom is -0.462 e. The highest BCUT2D eigenvalue weighted by molar-refractivity contribution is 6.05. The van der Waals surface area contributed by atoms with Crippen molar-refractivity contribution in [1.29, 1.82) is 0 Å². The lowest BCUT2D eigenvalue weighted by Crippen LogP contribution is -2.21. The van der Waals surface area contributed by atoms with E-state index in [1.54, 1.807) is 23.0 Å². The molecule has 9 heteroatoms. The number of unbranched alkanes of at least 4 members (excludes halogenated alkanes) is 1. The van der Waals surface area contributed by atoms with Crippen molar-refractivity contribution >= 4 is 39.2 Å². The molecule has 0 N–H and O–H groups in total. The normalized spacial score (nSPS) is 11.5. The van der Waals surface area contributed by atoms with Gasteiger partial charge in [-0.2, -0.15) is 0 Å². The van der Waals surface area contributed by atoms with Crippen molar-refractivity contribution in [2.45, 2.75) is 39.7 Å². The Balaban J connectivity index is 1.63. The molecule has 2 aromatic carbocycles. The highest BCUT2D eigenvalue weighted by Crippen LogP contribution is 2.28. The van der Waals surface area contributed by atoms with E-state index in [4.69, 9.17) is 19.4 Å². The third kappa shape index (κ3) is 4.82. The van der Waals surface area contributed by atoms with Crippen molar-refractivity contribution in [2.75, 3.05) is 19.8 Å². The van der Waals surface area contributed by atoms with E-state index in [1.807, 2.05) is 54.8 Å². The molecule has 0 amide bonds. The maximum atomic E-state index is 13.6. The van der Waals surface area contributed by atoms with Crippen molar-refractivity contribution in [3.63, 3.8) is 0 Å². The maximum absolute atomic E-state index is 13.6. The summed E-state index contributed by atoms with van der Waals surface area (Å²) in [6, 6.07) is 14.6. The smallest absolute Gasteiger partial charge is 0.338 e. The minimum absolute atomic E-state index is 0.175. The van der Waals surface area contributed by atoms with Gasteiger partial charge in [-0.15, -0.1) is 0 Å². The van der Waals surface area contributed by atoms with Crippen molar-refractivity contribution < 1.29 is 14.3 Å². The van der Waals surface area contributed by atoms with Gasteiger partial charge in [-0.1, -0.05) is 25.5 Å². The van der Waals surface area contributed by atoms with Gasteiger partial charge < -0.3 is 9.47 Å². The molecule has 0 aliphatic carbocycles. The van der Waals surface area contributed by atoms with Crippen LogP contribution in [0.25, 0.3) is 38.9 Å². The summed E-state index contributed by atoms with van der Waals surface area (Å²) < 4.78 is 14.2. The molecule has 0 spiro atoms. The molecule has 3 heterocycles. The number of aryl methyl sites for hydroxylation is 1. The maximum Gasteiger partial charge on any atom is 0.338 e. The lowest BCUT2D eigenvalue weighted by Gasteiger charge is -2.09. The predicted octanol–water partition coefficient (Wildman–Crippen LogP) is 4.67. The number of fused-ring (bicyclic) bond motifs is 4. The molecule has 0 atom stereocenters. The fourth-order valence-corrected chi connectivity index (χ4v) is 4.30. The second-order valence-corrected chi connectivity index (χ2v) is 8.75. The number of hydrogen-bond acceptors (Lipinski definition) is 7. The number of benzene rings is 2. The minimum atomic E-state index is -0.360. The molecule has 0 saturated carbocycles. The van der Waals surface area contributed by atoms with Gasteiger partial charge in [0.2, 0.25) is 0 Å². The van der Waals surface area contributed by atoms with E-state index in [-0.39, 0.29) is 11.5 Å². The van der Waals surface area contributed by atoms with Crippen LogP contribution in [0.4, 0.5) is 0 Å². The van der Waals surface area contributed by atoms with Gasteiger partial charge in [0.15, 0.2) is 11.3 Å². The molecule has 0 unspecified atom stereocenters. The number of hydrogen-bond donors (Lipinski definition) is 0. The van der Waals surface area contributed by atoms with Gasteiger partial charge in [0.1, 0.15) is 10.9 Å². The van der Waals surface area contributed by atoms with E-state index in [9.17, 15) is 9.59 Å². The van der Waals surface area contributed by atoms with Crippen molar-refractivity contribution in [3.8, 4) is 5.69 Å². The summed E-state index contributed by atoms with van der Waals surface area (Å²) in [6.45, 7) is 6.08. The topological polar surface area (TPSA) is 101 Å². The van der Waals surface area contributed by atoms with E-state index < -0.39 is 0 Å². The Morgan fingerprint density at radius 1 is 0.919 bits per heavy atom. The first-order valence-electron chi connectivity index (χ1n) is 12.6. The molecule has 37 heavy (non-hydrogen) atoms. The third-order valence-electron chi connectivity index (χ3n) is 6.21. The summed E-state index contributed by atoms with van der Waals surface area (Å²) in [4.78, 5) is 40.3. The molecule has 5 rings (SSSR count). The van der Waals surface area contributed by atoms with Crippen molar-refractivity contribution in [2.24, 2.45) is 0 Å². The number of ether oxygens (including phenoxy) is 2. The summed E-state index contributed by atoms with van der Waals surface area (Å²) in [5, 5.41) is 0.412. The highest BCUT2D eigenvalue weighted by Gasteiger charge is 2.21. The quantitative estimate of drug-likeness (QED) is 0.203. The SMILES string of the molecule is CCCCOC(=O)c1ccc(-n2c3nc4ccccc4nc3c3c(=O)n(CCCOCC)cnc32)cc1. The fourth-order valence-electron chi connectivity index (χ4n) is 4.30. The first kappa shape index (κ1) is 24.6. The molecular weight excluding hydrogens is 470 g/mol. The van der Waals surface area contributed by atoms with E-state index >= 15 is 0 Å². The van der Waals surface area contributed by atoms with Crippen LogP contribution in [0.3, 0.4) is 0 Å². The van der Waals surface area contributed by atoms with Gasteiger partial charge in [-0.3, -0.25) is 13.9 Å². The first-order valence-corrected chi connectivity index (χ1v) is 12.6. The molecule has 0 radical (unpaired) electrons. The standard InChI is InChI=1S/C28H29N5O4/c1-3-5-17-37-28(35)19-11-13-20(14-12-19)33-25-23(27(34)32(18-29-25)15-8-16-36-4-2)24-26(33)31-22-10-7-6-9-21(22)30-24/h6-7,9-14,18H,3-5,8,15-17H2,1-2H3. The summed E-state index contributed by atoms with van der Waals surface area (Å²) in [5.74, 6) is -0.360. The number of carbonyl (C=O) groups is 1. The lowest BCUT2D eigenvalue weighted by atomic mass is 10.2. The fraction of sp³-hybridized carbons (Fsp3) is 0.321. The molecule has 0 fully saturated rings. The van der Waals surface area contributed by atoms with E-state index in [2.05, 4.69) is 4.98 Å². The number of rotatable bonds is 10. The van der Waals surface area contributed by atoms with Crippen LogP contribution in [-0.2, 0) is 16.0 Å². The molecule has 5 aromatic rings. The monoisotopic (exact) mass is 499 g/mol. The Labute approximate surface area is 213 Å². The number of esters is 1. The molecule has 0 aliphatic rings. The van der Waals surface area contributed by atoms with Crippen LogP contribution in [0.1, 0.15) is 43.5 Å². The zero-order chi connectivity index (χ0) is 25.8. The summed E-state index contributed by atoms with van der Waals surface area (Å²) in [7, 11) is 0. The summed E-state index contributed by atoms with van der Waals surface area (Å²) in [5.41, 5.74) is 3.91. The molecule has 0 bridgehead atoms. The number of para-hydroxylation sites is 2. The Hall–Kier alpha value is -4.11. The Morgan fingerprint density at radius 3 is 2.41 bits per heavy atom. The third-order valence-corrected chi connectivity index (χ3v) is 6.21. The molecule has 3 aromatic heterocycles. The summed E-state index contributed by atoms with van der Waals surface area (Å²) in [6.07, 6.45) is 4.04. The van der Waals surface area contributed by atoms with Crippen LogP contribution in [0.5, 0.6) is 0 Å². The van der Waals surface area contributed by atoms with Gasteiger partial charge >= 0.3 is 5.97 Å². The van der Waals surface area contributed by atoms with Gasteiger partial charge in [0.05, 0.1) is 29.5 Å². The van der Waals surface area contributed by atoms with Crippen LogP contribution < -0.4 is 5.56 Å². The molecule has 0 aliphatic heterocycles. The predicted molar refractivity (Wildman–Crippen MR) is 142 cm³/mol. The lowest BCUT2D eigenvalue weighted by molar-refractivity contribution is 0.0499. The van der Waals surface area contributed by atoms with E-state index in [1.165, 1.54) is 0 Å². The average Bonchev–Trinajstić information content (AvgIpc) is 3.24. The van der Waals surface area contributed by atoms with Crippen molar-refractivity contribution in [1.82, 2.24) is 24.1 Å². The van der Waals surface area contributed by atoms with Crippen LogP contribution in [-0.4, -0.2) is 49.9 Å². The van der Waals surface area contributed by atoms with Crippen LogP contribution in [0.15, 0.2) is 59.7 Å². The van der Waals surface area contributed by atoms with Crippen LogP contribution in [0, 0.1) is 0 Å². The second-order valence-electron chi connectivity index (χ2n) is 8.75. The van der Waals surface area contributed by atoms with E-state index in [0.717, 1.165) is 18.5 Å². The second kappa shape index (κ2) is 10.9. The van der Waals surface area contributed by atoms with Gasteiger partial charge in [0.25, 0.3) is 5.56 Å². The average molecular weight is 500 g/mol. The number of nitrogens with zero attached hydrogens (tertiary/aromatic N) is 5. The van der Waals surface area contributed by atoms with Gasteiger partial charge in [-0.05, 0) is 56.2 Å². The van der Waals surface area contributed by atoms with Gasteiger partial charge in [0, 0.05) is 25.4 Å². The van der Waals surface area contributed by atoms with Gasteiger partial charge in [-0.25, -0.2) is 19.7 Å². The molecular formula is C28H29N5O4. The number of aromatic nitrogens is 5. The zero-order valence-corrected chi connectivity index (χ0v) is 21.0. The summed E-state index contributed by atoms with van der Waals surface area (Å²) >= 11 is 0. The molecule has 9 nitrogen and oxygen atoms in total. The Morgan fingerprint density at radius 2 is 1.68 bits per heavy atom. The Kier molecular flexibility index (Phi) is 7.23. The zero-order valence-electron chi connectivity index (χ0n) is 21.0. The number of carbonyl (C=O) groups excluding carboxylic acids is 1. The first-order chi connectivity index (χ1) is 18.1. The van der Waals surface area contributed by atoms with Crippen LogP contribution in [0.2, 0.25) is 0 Å². The van der Waals surface area contributed by atoms with Crippen molar-refractivity contribution in [3.05, 3.63) is 70.8 Å². The highest BCUT2D eigenvalue weighted by atomic mass is 16.5. The largest absolute Gasteiger partial charge is 0.462 e. The molecule has 0 saturated heterocycles. The Bertz CT molecular complexity index is 1620. The van der Waals surface area contributed by atoms with Crippen LogP contribution >= 0.6 is 0 Å².